The second-order valence-corrected chi connectivity index (χ2v) is 5.02. The number of rotatable bonds is 4. The monoisotopic (exact) mass is 277 g/mol. The normalized spacial score (nSPS) is 10.4. The van der Waals surface area contributed by atoms with E-state index in [4.69, 9.17) is 11.5 Å². The number of nitrogens with two attached hydrogens (primary N) is 2. The van der Waals surface area contributed by atoms with E-state index in [0.717, 1.165) is 4.90 Å². The summed E-state index contributed by atoms with van der Waals surface area (Å²) in [5, 5.41) is 0. The van der Waals surface area contributed by atoms with Crippen LogP contribution < -0.4 is 16.4 Å². The number of thioether (sulfide) groups is 1. The molecule has 0 fully saturated rings. The van der Waals surface area contributed by atoms with Gasteiger partial charge in [0.2, 0.25) is 11.9 Å². The van der Waals surface area contributed by atoms with Crippen LogP contribution in [0.4, 0.5) is 17.6 Å². The van der Waals surface area contributed by atoms with Crippen LogP contribution in [0.25, 0.3) is 0 Å². The first kappa shape index (κ1) is 13.3. The molecular weight excluding hydrogens is 262 g/mol. The third kappa shape index (κ3) is 3.44. The minimum atomic E-state index is 0.219. The van der Waals surface area contributed by atoms with Gasteiger partial charge >= 0.3 is 0 Å². The van der Waals surface area contributed by atoms with E-state index < -0.39 is 0 Å². The fraction of sp³-hybridized carbons (Fsp3) is 0.273. The molecule has 0 atom stereocenters. The summed E-state index contributed by atoms with van der Waals surface area (Å²) in [6.07, 6.45) is 3.32. The van der Waals surface area contributed by atoms with E-state index in [9.17, 15) is 0 Å². The molecule has 0 aromatic carbocycles. The molecule has 0 saturated carbocycles. The fourth-order valence-electron chi connectivity index (χ4n) is 1.36. The predicted octanol–water partition coefficient (Wildman–Crippen LogP) is 0.789. The van der Waals surface area contributed by atoms with Crippen molar-refractivity contribution in [2.75, 3.05) is 30.5 Å². The summed E-state index contributed by atoms with van der Waals surface area (Å²) in [5.74, 6) is 1.96. The lowest BCUT2D eigenvalue weighted by Gasteiger charge is -2.11. The van der Waals surface area contributed by atoms with Crippen LogP contribution in [0, 0.1) is 0 Å². The van der Waals surface area contributed by atoms with Crippen molar-refractivity contribution >= 4 is 29.3 Å². The molecule has 0 unspecified atom stereocenters. The highest BCUT2D eigenvalue weighted by Gasteiger charge is 2.07. The SMILES string of the molecule is CN(C)c1nc(N)nc(CSc2ccncc2N)n1. The highest BCUT2D eigenvalue weighted by atomic mass is 32.2. The number of aromatic nitrogens is 4. The van der Waals surface area contributed by atoms with Crippen molar-refractivity contribution < 1.29 is 0 Å². The highest BCUT2D eigenvalue weighted by Crippen LogP contribution is 2.26. The zero-order valence-corrected chi connectivity index (χ0v) is 11.6. The molecule has 0 aliphatic heterocycles. The van der Waals surface area contributed by atoms with Crippen molar-refractivity contribution in [1.82, 2.24) is 19.9 Å². The Kier molecular flexibility index (Phi) is 4.00. The van der Waals surface area contributed by atoms with Gasteiger partial charge in [-0.2, -0.15) is 15.0 Å². The fourth-order valence-corrected chi connectivity index (χ4v) is 2.15. The summed E-state index contributed by atoms with van der Waals surface area (Å²) < 4.78 is 0. The molecule has 4 N–H and O–H groups in total. The molecule has 7 nitrogen and oxygen atoms in total. The van der Waals surface area contributed by atoms with Gasteiger partial charge in [-0.3, -0.25) is 4.98 Å². The minimum absolute atomic E-state index is 0.219. The molecule has 0 amide bonds. The summed E-state index contributed by atoms with van der Waals surface area (Å²) in [6.45, 7) is 0. The van der Waals surface area contributed by atoms with Crippen molar-refractivity contribution in [1.29, 1.82) is 0 Å². The smallest absolute Gasteiger partial charge is 0.229 e. The predicted molar refractivity (Wildman–Crippen MR) is 76.8 cm³/mol. The van der Waals surface area contributed by atoms with Gasteiger partial charge in [0.25, 0.3) is 0 Å². The van der Waals surface area contributed by atoms with E-state index in [-0.39, 0.29) is 5.95 Å². The van der Waals surface area contributed by atoms with Crippen LogP contribution >= 0.6 is 11.8 Å². The molecule has 100 valence electrons. The number of hydrogen-bond acceptors (Lipinski definition) is 8. The van der Waals surface area contributed by atoms with Crippen LogP contribution in [0.5, 0.6) is 0 Å². The van der Waals surface area contributed by atoms with Crippen LogP contribution in [0.15, 0.2) is 23.4 Å². The number of anilines is 3. The second kappa shape index (κ2) is 5.70. The summed E-state index contributed by atoms with van der Waals surface area (Å²) in [6, 6.07) is 1.86. The Morgan fingerprint density at radius 1 is 1.21 bits per heavy atom. The van der Waals surface area contributed by atoms with Gasteiger partial charge in [-0.15, -0.1) is 11.8 Å². The summed E-state index contributed by atoms with van der Waals surface area (Å²) in [7, 11) is 3.71. The van der Waals surface area contributed by atoms with E-state index in [1.165, 1.54) is 11.8 Å². The molecule has 0 saturated heterocycles. The highest BCUT2D eigenvalue weighted by molar-refractivity contribution is 7.98. The van der Waals surface area contributed by atoms with Crippen molar-refractivity contribution in [2.24, 2.45) is 0 Å². The first-order valence-electron chi connectivity index (χ1n) is 5.56. The van der Waals surface area contributed by atoms with Gasteiger partial charge in [-0.25, -0.2) is 0 Å². The van der Waals surface area contributed by atoms with E-state index in [1.54, 1.807) is 17.3 Å². The molecule has 19 heavy (non-hydrogen) atoms. The van der Waals surface area contributed by atoms with E-state index in [1.807, 2.05) is 20.2 Å². The summed E-state index contributed by atoms with van der Waals surface area (Å²) in [4.78, 5) is 19.2. The van der Waals surface area contributed by atoms with Crippen molar-refractivity contribution in [3.8, 4) is 0 Å². The summed E-state index contributed by atoms with van der Waals surface area (Å²) in [5.41, 5.74) is 12.1. The van der Waals surface area contributed by atoms with Crippen molar-refractivity contribution in [3.63, 3.8) is 0 Å². The Bertz CT molecular complexity index is 573. The Morgan fingerprint density at radius 2 is 2.00 bits per heavy atom. The van der Waals surface area contributed by atoms with Crippen LogP contribution in [0.2, 0.25) is 0 Å². The molecule has 2 aromatic heterocycles. The first-order valence-corrected chi connectivity index (χ1v) is 6.55. The van der Waals surface area contributed by atoms with E-state index >= 15 is 0 Å². The average Bonchev–Trinajstić information content (AvgIpc) is 2.37. The lowest BCUT2D eigenvalue weighted by molar-refractivity contribution is 0.919. The molecule has 0 radical (unpaired) electrons. The summed E-state index contributed by atoms with van der Waals surface area (Å²) >= 11 is 1.54. The van der Waals surface area contributed by atoms with Gasteiger partial charge in [-0.05, 0) is 6.07 Å². The second-order valence-electron chi connectivity index (χ2n) is 4.01. The molecule has 2 rings (SSSR count). The maximum Gasteiger partial charge on any atom is 0.229 e. The van der Waals surface area contributed by atoms with Gasteiger partial charge in [0.05, 0.1) is 17.6 Å². The molecule has 0 spiro atoms. The van der Waals surface area contributed by atoms with Crippen molar-refractivity contribution in [3.05, 3.63) is 24.3 Å². The zero-order chi connectivity index (χ0) is 13.8. The molecule has 0 aliphatic rings. The lowest BCUT2D eigenvalue weighted by atomic mass is 10.4. The average molecular weight is 277 g/mol. The number of hydrogen-bond donors (Lipinski definition) is 2. The van der Waals surface area contributed by atoms with Crippen LogP contribution in [-0.2, 0) is 5.75 Å². The molecule has 0 bridgehead atoms. The number of nitrogen functional groups attached to an aromatic ring is 2. The third-order valence-corrected chi connectivity index (χ3v) is 3.34. The van der Waals surface area contributed by atoms with Gasteiger partial charge in [-0.1, -0.05) is 0 Å². The number of pyridine rings is 1. The van der Waals surface area contributed by atoms with Gasteiger partial charge in [0.1, 0.15) is 5.82 Å². The van der Waals surface area contributed by atoms with Crippen LogP contribution in [-0.4, -0.2) is 34.0 Å². The molecular formula is C11H15N7S. The maximum absolute atomic E-state index is 5.82. The molecule has 2 aromatic rings. The third-order valence-electron chi connectivity index (χ3n) is 2.25. The Balaban J connectivity index is 2.14. The van der Waals surface area contributed by atoms with Gasteiger partial charge < -0.3 is 16.4 Å². The molecule has 8 heteroatoms. The minimum Gasteiger partial charge on any atom is -0.397 e. The molecule has 0 aliphatic carbocycles. The molecule has 2 heterocycles. The first-order chi connectivity index (χ1) is 9.06. The Labute approximate surface area is 115 Å². The Hall–Kier alpha value is -2.09. The van der Waals surface area contributed by atoms with Gasteiger partial charge in [0.15, 0.2) is 0 Å². The van der Waals surface area contributed by atoms with E-state index in [2.05, 4.69) is 19.9 Å². The number of nitrogens with zero attached hydrogens (tertiary/aromatic N) is 5. The van der Waals surface area contributed by atoms with Crippen LogP contribution in [0.3, 0.4) is 0 Å². The maximum atomic E-state index is 5.82. The topological polar surface area (TPSA) is 107 Å². The van der Waals surface area contributed by atoms with Gasteiger partial charge in [0, 0.05) is 25.2 Å². The van der Waals surface area contributed by atoms with Crippen molar-refractivity contribution in [2.45, 2.75) is 10.6 Å². The van der Waals surface area contributed by atoms with E-state index in [0.29, 0.717) is 23.2 Å². The largest absolute Gasteiger partial charge is 0.397 e. The standard InChI is InChI=1S/C11H15N7S/c1-18(2)11-16-9(15-10(13)17-11)6-19-8-3-4-14-5-7(8)12/h3-5H,6,12H2,1-2H3,(H2,13,15,16,17). The zero-order valence-electron chi connectivity index (χ0n) is 10.7. The van der Waals surface area contributed by atoms with Crippen LogP contribution in [0.1, 0.15) is 5.82 Å². The Morgan fingerprint density at radius 3 is 2.68 bits per heavy atom. The quantitative estimate of drug-likeness (QED) is 0.790. The lowest BCUT2D eigenvalue weighted by Crippen LogP contribution is -2.15.